The van der Waals surface area contributed by atoms with E-state index in [1.807, 2.05) is 31.4 Å². The number of imide groups is 1. The SMILES string of the molecule is CC(C)C(C(=O)N(C)Cc1cccs1)N1C(=O)c2ccccc2C1=O. The van der Waals surface area contributed by atoms with E-state index in [2.05, 4.69) is 0 Å². The predicted octanol–water partition coefficient (Wildman–Crippen LogP) is 3.03. The lowest BCUT2D eigenvalue weighted by atomic mass is 10.0. The zero-order valence-corrected chi connectivity index (χ0v) is 15.2. The Morgan fingerprint density at radius 2 is 1.68 bits per heavy atom. The van der Waals surface area contributed by atoms with Crippen molar-refractivity contribution in [1.82, 2.24) is 9.80 Å². The minimum absolute atomic E-state index is 0.180. The number of nitrogens with zero attached hydrogens (tertiary/aromatic N) is 2. The van der Waals surface area contributed by atoms with E-state index < -0.39 is 17.9 Å². The molecular formula is C19H20N2O3S. The van der Waals surface area contributed by atoms with Crippen LogP contribution in [0.2, 0.25) is 0 Å². The number of benzene rings is 1. The van der Waals surface area contributed by atoms with E-state index in [0.717, 1.165) is 9.78 Å². The summed E-state index contributed by atoms with van der Waals surface area (Å²) in [6.45, 7) is 4.17. The van der Waals surface area contributed by atoms with Crippen LogP contribution in [-0.2, 0) is 11.3 Å². The second-order valence-corrected chi connectivity index (χ2v) is 7.52. The number of rotatable bonds is 5. The number of likely N-dealkylation sites (N-methyl/N-ethyl adjacent to an activating group) is 1. The molecule has 5 nitrogen and oxygen atoms in total. The number of thiophene rings is 1. The minimum atomic E-state index is -0.808. The fraction of sp³-hybridized carbons (Fsp3) is 0.316. The lowest BCUT2D eigenvalue weighted by Crippen LogP contribution is -2.52. The molecule has 3 amide bonds. The van der Waals surface area contributed by atoms with Crippen LogP contribution in [-0.4, -0.2) is 40.6 Å². The molecule has 1 unspecified atom stereocenters. The molecule has 0 saturated carbocycles. The molecule has 0 N–H and O–H groups in total. The van der Waals surface area contributed by atoms with E-state index in [1.165, 1.54) is 0 Å². The van der Waals surface area contributed by atoms with Gasteiger partial charge in [-0.05, 0) is 29.5 Å². The smallest absolute Gasteiger partial charge is 0.262 e. The first-order valence-corrected chi connectivity index (χ1v) is 9.04. The van der Waals surface area contributed by atoms with Crippen LogP contribution < -0.4 is 0 Å². The van der Waals surface area contributed by atoms with Crippen molar-refractivity contribution in [3.63, 3.8) is 0 Å². The Bertz CT molecular complexity index is 779. The Hall–Kier alpha value is -2.47. The highest BCUT2D eigenvalue weighted by Gasteiger charge is 2.44. The normalized spacial score (nSPS) is 14.8. The van der Waals surface area contributed by atoms with Crippen molar-refractivity contribution in [2.24, 2.45) is 5.92 Å². The van der Waals surface area contributed by atoms with E-state index in [0.29, 0.717) is 17.7 Å². The standard InChI is InChI=1S/C19H20N2O3S/c1-12(2)16(19(24)20(3)11-13-7-6-10-25-13)21-17(22)14-8-4-5-9-15(14)18(21)23/h4-10,12,16H,11H2,1-3H3. The Balaban J connectivity index is 1.88. The number of hydrogen-bond acceptors (Lipinski definition) is 4. The molecule has 6 heteroatoms. The van der Waals surface area contributed by atoms with Crippen LogP contribution >= 0.6 is 11.3 Å². The van der Waals surface area contributed by atoms with Crippen LogP contribution in [0.4, 0.5) is 0 Å². The van der Waals surface area contributed by atoms with Crippen LogP contribution in [0.15, 0.2) is 41.8 Å². The Morgan fingerprint density at radius 1 is 1.08 bits per heavy atom. The highest BCUT2D eigenvalue weighted by atomic mass is 32.1. The van der Waals surface area contributed by atoms with Gasteiger partial charge < -0.3 is 4.90 Å². The average Bonchev–Trinajstić information content (AvgIpc) is 3.17. The summed E-state index contributed by atoms with van der Waals surface area (Å²) in [6, 6.07) is 9.80. The quantitative estimate of drug-likeness (QED) is 0.774. The van der Waals surface area contributed by atoms with Gasteiger partial charge in [0.25, 0.3) is 11.8 Å². The summed E-state index contributed by atoms with van der Waals surface area (Å²) in [5.41, 5.74) is 0.735. The maximum Gasteiger partial charge on any atom is 0.262 e. The maximum atomic E-state index is 13.0. The number of carbonyl (C=O) groups excluding carboxylic acids is 3. The molecule has 1 aromatic heterocycles. The summed E-state index contributed by atoms with van der Waals surface area (Å²) in [5.74, 6) is -1.19. The highest BCUT2D eigenvalue weighted by molar-refractivity contribution is 7.09. The van der Waals surface area contributed by atoms with E-state index in [1.54, 1.807) is 47.5 Å². The van der Waals surface area contributed by atoms with Gasteiger partial charge >= 0.3 is 0 Å². The van der Waals surface area contributed by atoms with Crippen molar-refractivity contribution in [1.29, 1.82) is 0 Å². The van der Waals surface area contributed by atoms with E-state index in [9.17, 15) is 14.4 Å². The summed E-state index contributed by atoms with van der Waals surface area (Å²) in [4.78, 5) is 42.3. The van der Waals surface area contributed by atoms with E-state index in [4.69, 9.17) is 0 Å². The van der Waals surface area contributed by atoms with E-state index in [-0.39, 0.29) is 11.8 Å². The lowest BCUT2D eigenvalue weighted by molar-refractivity contribution is -0.136. The van der Waals surface area contributed by atoms with Crippen LogP contribution in [0.5, 0.6) is 0 Å². The van der Waals surface area contributed by atoms with Gasteiger partial charge in [0.1, 0.15) is 6.04 Å². The van der Waals surface area contributed by atoms with Crippen LogP contribution in [0.3, 0.4) is 0 Å². The molecule has 1 aliphatic rings. The van der Waals surface area contributed by atoms with Crippen LogP contribution in [0.25, 0.3) is 0 Å². The van der Waals surface area contributed by atoms with Crippen LogP contribution in [0, 0.1) is 5.92 Å². The van der Waals surface area contributed by atoms with Gasteiger partial charge in [0.15, 0.2) is 0 Å². The summed E-state index contributed by atoms with van der Waals surface area (Å²) >= 11 is 1.57. The van der Waals surface area contributed by atoms with Gasteiger partial charge in [0.2, 0.25) is 5.91 Å². The summed E-state index contributed by atoms with van der Waals surface area (Å²) in [6.07, 6.45) is 0. The molecule has 0 radical (unpaired) electrons. The molecule has 2 aromatic rings. The number of amides is 3. The number of hydrogen-bond donors (Lipinski definition) is 0. The van der Waals surface area contributed by atoms with Crippen molar-refractivity contribution < 1.29 is 14.4 Å². The summed E-state index contributed by atoms with van der Waals surface area (Å²) in [7, 11) is 1.70. The Labute approximate surface area is 150 Å². The minimum Gasteiger partial charge on any atom is -0.339 e. The van der Waals surface area contributed by atoms with Crippen molar-refractivity contribution in [2.75, 3.05) is 7.05 Å². The van der Waals surface area contributed by atoms with Crippen LogP contribution in [0.1, 0.15) is 39.4 Å². The predicted molar refractivity (Wildman–Crippen MR) is 96.4 cm³/mol. The monoisotopic (exact) mass is 356 g/mol. The van der Waals surface area contributed by atoms with Crippen molar-refractivity contribution in [3.8, 4) is 0 Å². The molecular weight excluding hydrogens is 336 g/mol. The lowest BCUT2D eigenvalue weighted by Gasteiger charge is -2.31. The molecule has 0 aliphatic carbocycles. The van der Waals surface area contributed by atoms with Gasteiger partial charge in [0, 0.05) is 11.9 Å². The molecule has 0 fully saturated rings. The second-order valence-electron chi connectivity index (χ2n) is 6.49. The van der Waals surface area contributed by atoms with Gasteiger partial charge in [0.05, 0.1) is 17.7 Å². The molecule has 3 rings (SSSR count). The molecule has 0 saturated heterocycles. The maximum absolute atomic E-state index is 13.0. The molecule has 1 atom stereocenters. The highest BCUT2D eigenvalue weighted by Crippen LogP contribution is 2.28. The molecule has 2 heterocycles. The molecule has 0 spiro atoms. The molecule has 25 heavy (non-hydrogen) atoms. The summed E-state index contributed by atoms with van der Waals surface area (Å²) < 4.78 is 0. The zero-order valence-electron chi connectivity index (χ0n) is 14.4. The van der Waals surface area contributed by atoms with Gasteiger partial charge in [-0.1, -0.05) is 32.0 Å². The van der Waals surface area contributed by atoms with Gasteiger partial charge in [-0.3, -0.25) is 19.3 Å². The molecule has 1 aromatic carbocycles. The third-order valence-corrected chi connectivity index (χ3v) is 5.20. The Morgan fingerprint density at radius 3 is 2.16 bits per heavy atom. The third-order valence-electron chi connectivity index (χ3n) is 4.34. The number of fused-ring (bicyclic) bond motifs is 1. The van der Waals surface area contributed by atoms with E-state index >= 15 is 0 Å². The van der Waals surface area contributed by atoms with Gasteiger partial charge in [-0.15, -0.1) is 11.3 Å². The molecule has 130 valence electrons. The second kappa shape index (κ2) is 6.80. The first-order chi connectivity index (χ1) is 11.9. The number of carbonyl (C=O) groups is 3. The summed E-state index contributed by atoms with van der Waals surface area (Å²) in [5, 5.41) is 1.96. The third kappa shape index (κ3) is 3.09. The average molecular weight is 356 g/mol. The molecule has 0 bridgehead atoms. The van der Waals surface area contributed by atoms with Crippen molar-refractivity contribution in [3.05, 3.63) is 57.8 Å². The largest absolute Gasteiger partial charge is 0.339 e. The topological polar surface area (TPSA) is 57.7 Å². The first kappa shape index (κ1) is 17.4. The van der Waals surface area contributed by atoms with Gasteiger partial charge in [-0.2, -0.15) is 0 Å². The fourth-order valence-corrected chi connectivity index (χ4v) is 3.85. The van der Waals surface area contributed by atoms with Crippen molar-refractivity contribution >= 4 is 29.1 Å². The first-order valence-electron chi connectivity index (χ1n) is 8.16. The zero-order chi connectivity index (χ0) is 18.1. The Kier molecular flexibility index (Phi) is 4.72. The fourth-order valence-electron chi connectivity index (χ4n) is 3.09. The van der Waals surface area contributed by atoms with Gasteiger partial charge in [-0.25, -0.2) is 0 Å². The van der Waals surface area contributed by atoms with Crippen molar-refractivity contribution in [2.45, 2.75) is 26.4 Å². The molecule has 1 aliphatic heterocycles.